The Morgan fingerprint density at radius 1 is 1.31 bits per heavy atom. The second-order valence-corrected chi connectivity index (χ2v) is 3.00. The number of hydrogen-bond acceptors (Lipinski definition) is 3. The lowest BCUT2D eigenvalue weighted by Gasteiger charge is -2.03. The first-order valence-electron chi connectivity index (χ1n) is 4.13. The van der Waals surface area contributed by atoms with Crippen molar-refractivity contribution in [1.29, 1.82) is 0 Å². The van der Waals surface area contributed by atoms with Gasteiger partial charge in [-0.3, -0.25) is 10.8 Å². The summed E-state index contributed by atoms with van der Waals surface area (Å²) in [5.41, 5.74) is 5.73. The van der Waals surface area contributed by atoms with Crippen LogP contribution in [0.15, 0.2) is 30.5 Å². The van der Waals surface area contributed by atoms with Crippen LogP contribution in [-0.2, 0) is 0 Å². The van der Waals surface area contributed by atoms with Gasteiger partial charge in [0.15, 0.2) is 0 Å². The molecule has 0 bridgehead atoms. The Labute approximate surface area is 76.6 Å². The number of benzene rings is 1. The Balaban J connectivity index is 2.74. The van der Waals surface area contributed by atoms with Gasteiger partial charge in [0.2, 0.25) is 0 Å². The number of aromatic nitrogens is 1. The van der Waals surface area contributed by atoms with Crippen LogP contribution in [0.2, 0.25) is 0 Å². The molecule has 0 radical (unpaired) electrons. The van der Waals surface area contributed by atoms with Crippen molar-refractivity contribution in [3.05, 3.63) is 36.0 Å². The van der Waals surface area contributed by atoms with Gasteiger partial charge in [-0.2, -0.15) is 0 Å². The molecule has 1 aromatic heterocycles. The first kappa shape index (κ1) is 8.01. The maximum absolute atomic E-state index is 5.32. The number of anilines is 1. The minimum atomic E-state index is 0.906. The molecule has 2 aromatic rings. The summed E-state index contributed by atoms with van der Waals surface area (Å²) in [6.07, 6.45) is 1.81. The smallest absolute Gasteiger partial charge is 0.0706 e. The van der Waals surface area contributed by atoms with Gasteiger partial charge >= 0.3 is 0 Å². The number of nitrogens with one attached hydrogen (secondary N) is 1. The van der Waals surface area contributed by atoms with Crippen molar-refractivity contribution in [1.82, 2.24) is 4.98 Å². The molecule has 66 valence electrons. The highest BCUT2D eigenvalue weighted by molar-refractivity contribution is 5.85. The zero-order valence-electron chi connectivity index (χ0n) is 7.41. The second-order valence-electron chi connectivity index (χ2n) is 3.00. The molecule has 3 nitrogen and oxygen atoms in total. The Hall–Kier alpha value is -1.61. The molecule has 1 aromatic carbocycles. The zero-order valence-corrected chi connectivity index (χ0v) is 7.41. The molecule has 0 unspecified atom stereocenters. The lowest BCUT2D eigenvalue weighted by Crippen LogP contribution is -2.06. The van der Waals surface area contributed by atoms with Crippen molar-refractivity contribution in [2.24, 2.45) is 5.84 Å². The lowest BCUT2D eigenvalue weighted by atomic mass is 10.1. The molecule has 0 saturated carbocycles. The van der Waals surface area contributed by atoms with E-state index in [0.717, 1.165) is 16.6 Å². The molecule has 0 aliphatic heterocycles. The maximum atomic E-state index is 5.32. The van der Waals surface area contributed by atoms with Gasteiger partial charge < -0.3 is 5.43 Å². The van der Waals surface area contributed by atoms with Crippen molar-refractivity contribution in [2.45, 2.75) is 6.92 Å². The summed E-state index contributed by atoms with van der Waals surface area (Å²) in [5.74, 6) is 5.32. The monoisotopic (exact) mass is 173 g/mol. The summed E-state index contributed by atoms with van der Waals surface area (Å²) in [7, 11) is 0. The number of hydrazine groups is 1. The predicted molar refractivity (Wildman–Crippen MR) is 54.3 cm³/mol. The van der Waals surface area contributed by atoms with Gasteiger partial charge in [0.05, 0.1) is 5.52 Å². The summed E-state index contributed by atoms with van der Waals surface area (Å²) < 4.78 is 0. The van der Waals surface area contributed by atoms with Crippen LogP contribution in [0.4, 0.5) is 5.69 Å². The molecule has 3 N–H and O–H groups in total. The van der Waals surface area contributed by atoms with Crippen LogP contribution < -0.4 is 11.3 Å². The third-order valence-corrected chi connectivity index (χ3v) is 2.13. The Kier molecular flexibility index (Phi) is 1.87. The Bertz CT molecular complexity index is 437. The number of pyridine rings is 1. The van der Waals surface area contributed by atoms with E-state index in [2.05, 4.69) is 17.3 Å². The van der Waals surface area contributed by atoms with E-state index < -0.39 is 0 Å². The quantitative estimate of drug-likeness (QED) is 0.511. The predicted octanol–water partition coefficient (Wildman–Crippen LogP) is 1.83. The summed E-state index contributed by atoms with van der Waals surface area (Å²) in [4.78, 5) is 4.25. The highest BCUT2D eigenvalue weighted by atomic mass is 15.2. The molecule has 0 aliphatic carbocycles. The second kappa shape index (κ2) is 3.03. The molecular weight excluding hydrogens is 162 g/mol. The van der Waals surface area contributed by atoms with Gasteiger partial charge in [-0.15, -0.1) is 0 Å². The van der Waals surface area contributed by atoms with Crippen molar-refractivity contribution in [3.63, 3.8) is 0 Å². The summed E-state index contributed by atoms with van der Waals surface area (Å²) in [5, 5.41) is 1.14. The number of aryl methyl sites for hydroxylation is 1. The highest BCUT2D eigenvalue weighted by Gasteiger charge is 1.98. The van der Waals surface area contributed by atoms with Gasteiger partial charge in [0.25, 0.3) is 0 Å². The van der Waals surface area contributed by atoms with E-state index in [1.165, 1.54) is 5.56 Å². The Morgan fingerprint density at radius 2 is 2.15 bits per heavy atom. The molecule has 0 atom stereocenters. The molecule has 0 fully saturated rings. The third kappa shape index (κ3) is 1.34. The van der Waals surface area contributed by atoms with E-state index in [1.807, 2.05) is 30.5 Å². The van der Waals surface area contributed by atoms with Crippen LogP contribution >= 0.6 is 0 Å². The average Bonchev–Trinajstić information content (AvgIpc) is 2.18. The summed E-state index contributed by atoms with van der Waals surface area (Å²) >= 11 is 0. The minimum absolute atomic E-state index is 0.906. The normalized spacial score (nSPS) is 10.3. The molecule has 1 heterocycles. The number of nitrogen functional groups attached to an aromatic ring is 1. The van der Waals surface area contributed by atoms with Crippen LogP contribution in [-0.4, -0.2) is 4.98 Å². The van der Waals surface area contributed by atoms with Crippen molar-refractivity contribution in [2.75, 3.05) is 5.43 Å². The average molecular weight is 173 g/mol. The largest absolute Gasteiger partial charge is 0.324 e. The molecule has 0 amide bonds. The summed E-state index contributed by atoms with van der Waals surface area (Å²) in [6.45, 7) is 2.06. The SMILES string of the molecule is Cc1ccnc2ccc(NN)cc12. The van der Waals surface area contributed by atoms with Gasteiger partial charge in [-0.1, -0.05) is 0 Å². The van der Waals surface area contributed by atoms with Crippen LogP contribution in [0.1, 0.15) is 5.56 Å². The topological polar surface area (TPSA) is 50.9 Å². The van der Waals surface area contributed by atoms with Gasteiger partial charge in [0.1, 0.15) is 0 Å². The van der Waals surface area contributed by atoms with Crippen molar-refractivity contribution in [3.8, 4) is 0 Å². The van der Waals surface area contributed by atoms with Gasteiger partial charge in [-0.25, -0.2) is 0 Å². The molecule has 13 heavy (non-hydrogen) atoms. The number of hydrogen-bond donors (Lipinski definition) is 2. The van der Waals surface area contributed by atoms with E-state index >= 15 is 0 Å². The first-order valence-corrected chi connectivity index (χ1v) is 4.13. The number of nitrogens with two attached hydrogens (primary N) is 1. The minimum Gasteiger partial charge on any atom is -0.324 e. The van der Waals surface area contributed by atoms with E-state index in [1.54, 1.807) is 0 Å². The standard InChI is InChI=1S/C10H11N3/c1-7-4-5-12-10-3-2-8(13-11)6-9(7)10/h2-6,13H,11H2,1H3. The maximum Gasteiger partial charge on any atom is 0.0706 e. The van der Waals surface area contributed by atoms with E-state index in [0.29, 0.717) is 0 Å². The fourth-order valence-electron chi connectivity index (χ4n) is 1.37. The zero-order chi connectivity index (χ0) is 9.26. The Morgan fingerprint density at radius 3 is 2.92 bits per heavy atom. The van der Waals surface area contributed by atoms with Gasteiger partial charge in [0, 0.05) is 17.3 Å². The van der Waals surface area contributed by atoms with Crippen molar-refractivity contribution >= 4 is 16.6 Å². The molecular formula is C10H11N3. The molecule has 0 aliphatic rings. The first-order chi connectivity index (χ1) is 6.31. The van der Waals surface area contributed by atoms with Crippen molar-refractivity contribution < 1.29 is 0 Å². The highest BCUT2D eigenvalue weighted by Crippen LogP contribution is 2.19. The fourth-order valence-corrected chi connectivity index (χ4v) is 1.37. The van der Waals surface area contributed by atoms with E-state index in [9.17, 15) is 0 Å². The van der Waals surface area contributed by atoms with Crippen LogP contribution in [0.3, 0.4) is 0 Å². The molecule has 0 spiro atoms. The van der Waals surface area contributed by atoms with Crippen LogP contribution in [0, 0.1) is 6.92 Å². The van der Waals surface area contributed by atoms with Crippen LogP contribution in [0.5, 0.6) is 0 Å². The molecule has 0 saturated heterocycles. The third-order valence-electron chi connectivity index (χ3n) is 2.13. The summed E-state index contributed by atoms with van der Waals surface area (Å²) in [6, 6.07) is 7.85. The number of fused-ring (bicyclic) bond motifs is 1. The fraction of sp³-hybridized carbons (Fsp3) is 0.100. The molecule has 3 heteroatoms. The molecule has 2 rings (SSSR count). The lowest BCUT2D eigenvalue weighted by molar-refractivity contribution is 1.33. The van der Waals surface area contributed by atoms with E-state index in [-0.39, 0.29) is 0 Å². The number of rotatable bonds is 1. The van der Waals surface area contributed by atoms with Gasteiger partial charge in [-0.05, 0) is 36.8 Å². The number of nitrogens with zero attached hydrogens (tertiary/aromatic N) is 1. The van der Waals surface area contributed by atoms with E-state index in [4.69, 9.17) is 5.84 Å². The van der Waals surface area contributed by atoms with Crippen LogP contribution in [0.25, 0.3) is 10.9 Å².